The Balaban J connectivity index is 1.80. The van der Waals surface area contributed by atoms with E-state index in [2.05, 4.69) is 10.3 Å². The third-order valence-electron chi connectivity index (χ3n) is 4.83. The number of aromatic nitrogens is 3. The molecule has 0 radical (unpaired) electrons. The first-order chi connectivity index (χ1) is 14.6. The van der Waals surface area contributed by atoms with Gasteiger partial charge < -0.3 is 20.5 Å². The van der Waals surface area contributed by atoms with Crippen molar-refractivity contribution in [2.24, 2.45) is 0 Å². The summed E-state index contributed by atoms with van der Waals surface area (Å²) >= 11 is 0. The number of ether oxygens (including phenoxy) is 2. The Labute approximate surface area is 170 Å². The van der Waals surface area contributed by atoms with Gasteiger partial charge in [0.2, 0.25) is 0 Å². The fourth-order valence-corrected chi connectivity index (χ4v) is 3.54. The Morgan fingerprint density at radius 1 is 1.23 bits per heavy atom. The van der Waals surface area contributed by atoms with Crippen molar-refractivity contribution in [3.05, 3.63) is 48.0 Å². The van der Waals surface area contributed by atoms with Crippen LogP contribution in [0.4, 0.5) is 11.5 Å². The van der Waals surface area contributed by atoms with Crippen molar-refractivity contribution in [2.75, 3.05) is 24.3 Å². The molecule has 1 amide bonds. The summed E-state index contributed by atoms with van der Waals surface area (Å²) in [5.74, 6) is -0.113. The van der Waals surface area contributed by atoms with Crippen LogP contribution >= 0.6 is 0 Å². The molecule has 0 atom stereocenters. The third kappa shape index (κ3) is 2.71. The lowest BCUT2D eigenvalue weighted by atomic mass is 10.2. The number of nitrogens with two attached hydrogens (primary N) is 1. The van der Waals surface area contributed by atoms with E-state index in [0.29, 0.717) is 39.3 Å². The molecule has 3 heterocycles. The first-order valence-corrected chi connectivity index (χ1v) is 9.37. The topological polar surface area (TPSA) is 121 Å². The zero-order valence-corrected chi connectivity index (χ0v) is 16.0. The summed E-state index contributed by atoms with van der Waals surface area (Å²) in [4.78, 5) is 33.7. The summed E-state index contributed by atoms with van der Waals surface area (Å²) in [6.45, 7) is 1.89. The number of fused-ring (bicyclic) bond motifs is 3. The lowest BCUT2D eigenvalue weighted by Crippen LogP contribution is -2.25. The second-order valence-corrected chi connectivity index (χ2v) is 6.72. The molecule has 5 rings (SSSR count). The van der Waals surface area contributed by atoms with Crippen molar-refractivity contribution in [3.8, 4) is 11.4 Å². The number of rotatable bonds is 3. The molecule has 0 saturated heterocycles. The number of carbonyl (C=O) groups excluding carboxylic acids is 2. The van der Waals surface area contributed by atoms with Crippen molar-refractivity contribution in [2.45, 2.75) is 6.92 Å². The number of nitrogen functional groups attached to an aromatic ring is 1. The number of hydrogen-bond donors (Lipinski definition) is 2. The molecule has 150 valence electrons. The lowest BCUT2D eigenvalue weighted by Gasteiger charge is -2.19. The molecular formula is C21H17N5O4. The zero-order chi connectivity index (χ0) is 20.8. The van der Waals surface area contributed by atoms with Crippen LogP contribution in [0.25, 0.3) is 27.9 Å². The lowest BCUT2D eigenvalue weighted by molar-refractivity contribution is -0.118. The Hall–Kier alpha value is -4.14. The number of hydrogen-bond acceptors (Lipinski definition) is 7. The van der Waals surface area contributed by atoms with Crippen LogP contribution in [0.15, 0.2) is 42.5 Å². The molecule has 2 aromatic heterocycles. The van der Waals surface area contributed by atoms with E-state index >= 15 is 0 Å². The summed E-state index contributed by atoms with van der Waals surface area (Å²) in [6, 6.07) is 12.6. The Morgan fingerprint density at radius 2 is 2.00 bits per heavy atom. The summed E-state index contributed by atoms with van der Waals surface area (Å²) in [5, 5.41) is 2.77. The average Bonchev–Trinajstić information content (AvgIpc) is 3.02. The molecule has 0 aliphatic carbocycles. The second kappa shape index (κ2) is 6.73. The molecule has 9 nitrogen and oxygen atoms in total. The largest absolute Gasteiger partial charge is 0.482 e. The van der Waals surface area contributed by atoms with E-state index in [-0.39, 0.29) is 30.5 Å². The molecule has 0 unspecified atom stereocenters. The molecule has 0 spiro atoms. The van der Waals surface area contributed by atoms with E-state index in [0.717, 1.165) is 0 Å². The van der Waals surface area contributed by atoms with Gasteiger partial charge in [-0.2, -0.15) is 0 Å². The molecular weight excluding hydrogens is 386 g/mol. The van der Waals surface area contributed by atoms with Crippen LogP contribution in [-0.2, 0) is 9.53 Å². The third-order valence-corrected chi connectivity index (χ3v) is 4.83. The molecule has 3 N–H and O–H groups in total. The molecule has 30 heavy (non-hydrogen) atoms. The maximum Gasteiger partial charge on any atom is 0.344 e. The van der Waals surface area contributed by atoms with Crippen molar-refractivity contribution >= 4 is 45.6 Å². The predicted molar refractivity (Wildman–Crippen MR) is 111 cm³/mol. The van der Waals surface area contributed by atoms with Crippen LogP contribution < -0.4 is 15.8 Å². The number of nitrogens with one attached hydrogen (secondary N) is 1. The van der Waals surface area contributed by atoms with E-state index in [9.17, 15) is 9.59 Å². The molecule has 9 heteroatoms. The van der Waals surface area contributed by atoms with Crippen molar-refractivity contribution in [3.63, 3.8) is 0 Å². The van der Waals surface area contributed by atoms with E-state index in [1.54, 1.807) is 29.7 Å². The summed E-state index contributed by atoms with van der Waals surface area (Å²) < 4.78 is 12.3. The maximum absolute atomic E-state index is 12.7. The van der Waals surface area contributed by atoms with E-state index in [4.69, 9.17) is 20.2 Å². The highest BCUT2D eigenvalue weighted by atomic mass is 16.5. The minimum atomic E-state index is -0.571. The molecule has 4 aromatic rings. The van der Waals surface area contributed by atoms with Gasteiger partial charge in [0.05, 0.1) is 29.0 Å². The van der Waals surface area contributed by atoms with Crippen LogP contribution in [0.3, 0.4) is 0 Å². The standard InChI is InChI=1S/C21H17N5O4/c1-2-29-21(28)17-18-20(25-13-6-4-3-5-12(13)24-18)26(19(17)22)11-7-8-15-14(9-11)23-16(27)10-30-15/h3-9H,2,10,22H2,1H3,(H,23,27). The highest BCUT2D eigenvalue weighted by Gasteiger charge is 2.26. The monoisotopic (exact) mass is 403 g/mol. The van der Waals surface area contributed by atoms with E-state index < -0.39 is 5.97 Å². The molecule has 2 aromatic carbocycles. The van der Waals surface area contributed by atoms with Gasteiger partial charge in [-0.15, -0.1) is 0 Å². The Morgan fingerprint density at radius 3 is 2.77 bits per heavy atom. The van der Waals surface area contributed by atoms with Gasteiger partial charge in [0, 0.05) is 0 Å². The molecule has 0 saturated carbocycles. The number of carbonyl (C=O) groups is 2. The quantitative estimate of drug-likeness (QED) is 0.504. The van der Waals surface area contributed by atoms with Gasteiger partial charge in [-0.3, -0.25) is 9.36 Å². The van der Waals surface area contributed by atoms with E-state index in [1.807, 2.05) is 24.3 Å². The number of amides is 1. The highest BCUT2D eigenvalue weighted by Crippen LogP contribution is 2.35. The summed E-state index contributed by atoms with van der Waals surface area (Å²) in [6.07, 6.45) is 0. The van der Waals surface area contributed by atoms with Crippen LogP contribution in [0.2, 0.25) is 0 Å². The van der Waals surface area contributed by atoms with Gasteiger partial charge in [-0.05, 0) is 37.3 Å². The van der Waals surface area contributed by atoms with Crippen molar-refractivity contribution < 1.29 is 19.1 Å². The van der Waals surface area contributed by atoms with Gasteiger partial charge in [0.1, 0.15) is 22.6 Å². The molecule has 0 bridgehead atoms. The predicted octanol–water partition coefficient (Wildman–Crippen LogP) is 2.66. The summed E-state index contributed by atoms with van der Waals surface area (Å²) in [7, 11) is 0. The number of esters is 1. The fourth-order valence-electron chi connectivity index (χ4n) is 3.54. The van der Waals surface area contributed by atoms with Crippen LogP contribution in [-0.4, -0.2) is 39.6 Å². The van der Waals surface area contributed by atoms with Crippen molar-refractivity contribution in [1.82, 2.24) is 14.5 Å². The van der Waals surface area contributed by atoms with E-state index in [1.165, 1.54) is 0 Å². The Bertz CT molecular complexity index is 1340. The zero-order valence-electron chi connectivity index (χ0n) is 16.0. The van der Waals surface area contributed by atoms with Gasteiger partial charge >= 0.3 is 5.97 Å². The number of benzene rings is 2. The molecule has 1 aliphatic heterocycles. The van der Waals surface area contributed by atoms with Crippen LogP contribution in [0.1, 0.15) is 17.3 Å². The maximum atomic E-state index is 12.7. The number of nitrogens with zero attached hydrogens (tertiary/aromatic N) is 3. The SMILES string of the molecule is CCOC(=O)c1c(N)n(-c2ccc3c(c2)NC(=O)CO3)c2nc3ccccc3nc12. The van der Waals surface area contributed by atoms with Crippen LogP contribution in [0, 0.1) is 0 Å². The second-order valence-electron chi connectivity index (χ2n) is 6.72. The van der Waals surface area contributed by atoms with Gasteiger partial charge in [0.15, 0.2) is 12.3 Å². The average molecular weight is 403 g/mol. The number of para-hydroxylation sites is 2. The van der Waals surface area contributed by atoms with Gasteiger partial charge in [0.25, 0.3) is 5.91 Å². The van der Waals surface area contributed by atoms with Crippen LogP contribution in [0.5, 0.6) is 5.75 Å². The first kappa shape index (κ1) is 17.9. The first-order valence-electron chi connectivity index (χ1n) is 9.37. The smallest absolute Gasteiger partial charge is 0.344 e. The minimum absolute atomic E-state index is 0.0363. The molecule has 1 aliphatic rings. The van der Waals surface area contributed by atoms with Crippen molar-refractivity contribution in [1.29, 1.82) is 0 Å². The van der Waals surface area contributed by atoms with Gasteiger partial charge in [-0.25, -0.2) is 14.8 Å². The Kier molecular flexibility index (Phi) is 4.02. The fraction of sp³-hybridized carbons (Fsp3) is 0.143. The van der Waals surface area contributed by atoms with Gasteiger partial charge in [-0.1, -0.05) is 12.1 Å². The normalized spacial score (nSPS) is 13.0. The summed E-state index contributed by atoms with van der Waals surface area (Å²) in [5.41, 5.74) is 9.74. The molecule has 0 fully saturated rings. The number of anilines is 2. The minimum Gasteiger partial charge on any atom is -0.482 e. The highest BCUT2D eigenvalue weighted by molar-refractivity contribution is 6.09.